The van der Waals surface area contributed by atoms with Gasteiger partial charge < -0.3 is 14.7 Å². The van der Waals surface area contributed by atoms with Crippen LogP contribution in [0, 0.1) is 5.92 Å². The normalized spacial score (nSPS) is 19.5. The zero-order valence-electron chi connectivity index (χ0n) is 13.2. The van der Waals surface area contributed by atoms with Crippen molar-refractivity contribution >= 4 is 27.0 Å². The molecular formula is C15H19N3O5S. The van der Waals surface area contributed by atoms with Crippen molar-refractivity contribution in [2.75, 3.05) is 19.7 Å². The van der Waals surface area contributed by atoms with E-state index in [-0.39, 0.29) is 29.7 Å². The third-order valence-electron chi connectivity index (χ3n) is 4.13. The van der Waals surface area contributed by atoms with Gasteiger partial charge in [-0.1, -0.05) is 0 Å². The molecular weight excluding hydrogens is 334 g/mol. The Morgan fingerprint density at radius 3 is 2.83 bits per heavy atom. The van der Waals surface area contributed by atoms with Crippen LogP contribution in [0.1, 0.15) is 19.8 Å². The Bertz CT molecular complexity index is 915. The van der Waals surface area contributed by atoms with Crippen LogP contribution in [0.25, 0.3) is 11.0 Å². The van der Waals surface area contributed by atoms with E-state index in [0.29, 0.717) is 30.4 Å². The standard InChI is InChI=1S/C15H19N3O5S/c1-2-23-14(19)10-4-3-7-18(9-10)24(21,22)11-5-6-12-13(8-11)17-15(20)16-12/h5-6,8,10H,2-4,7,9H2,1H3,(H2,16,17,20). The Morgan fingerprint density at radius 1 is 1.33 bits per heavy atom. The van der Waals surface area contributed by atoms with Crippen molar-refractivity contribution in [2.45, 2.75) is 24.7 Å². The van der Waals surface area contributed by atoms with Gasteiger partial charge in [-0.15, -0.1) is 0 Å². The van der Waals surface area contributed by atoms with Crippen molar-refractivity contribution < 1.29 is 17.9 Å². The van der Waals surface area contributed by atoms with Crippen LogP contribution in [-0.4, -0.2) is 48.4 Å². The van der Waals surface area contributed by atoms with E-state index in [1.807, 2.05) is 0 Å². The fourth-order valence-corrected chi connectivity index (χ4v) is 4.48. The minimum atomic E-state index is -3.74. The van der Waals surface area contributed by atoms with Gasteiger partial charge in [-0.05, 0) is 38.0 Å². The number of hydrogen-bond acceptors (Lipinski definition) is 5. The number of carbonyl (C=O) groups excluding carboxylic acids is 1. The number of H-pyrrole nitrogens is 2. The highest BCUT2D eigenvalue weighted by molar-refractivity contribution is 7.89. The van der Waals surface area contributed by atoms with Crippen molar-refractivity contribution in [3.63, 3.8) is 0 Å². The number of aromatic nitrogens is 2. The number of ether oxygens (including phenoxy) is 1. The zero-order valence-corrected chi connectivity index (χ0v) is 14.1. The first-order chi connectivity index (χ1) is 11.4. The number of aromatic amines is 2. The SMILES string of the molecule is CCOC(=O)C1CCCN(S(=O)(=O)c2ccc3[nH]c(=O)[nH]c3c2)C1. The van der Waals surface area contributed by atoms with Gasteiger partial charge in [0, 0.05) is 13.1 Å². The highest BCUT2D eigenvalue weighted by Gasteiger charge is 2.34. The summed E-state index contributed by atoms with van der Waals surface area (Å²) < 4.78 is 32.0. The molecule has 1 atom stereocenters. The van der Waals surface area contributed by atoms with E-state index in [1.165, 1.54) is 16.4 Å². The summed E-state index contributed by atoms with van der Waals surface area (Å²) in [5, 5.41) is 0. The van der Waals surface area contributed by atoms with Crippen LogP contribution in [0.2, 0.25) is 0 Å². The molecule has 2 aromatic rings. The fourth-order valence-electron chi connectivity index (χ4n) is 2.93. The third kappa shape index (κ3) is 3.09. The lowest BCUT2D eigenvalue weighted by molar-refractivity contribution is -0.149. The van der Waals surface area contributed by atoms with Gasteiger partial charge in [-0.25, -0.2) is 13.2 Å². The molecule has 2 heterocycles. The zero-order chi connectivity index (χ0) is 17.3. The van der Waals surface area contributed by atoms with Crippen LogP contribution in [0.4, 0.5) is 0 Å². The Balaban J connectivity index is 1.87. The van der Waals surface area contributed by atoms with Gasteiger partial charge in [-0.2, -0.15) is 4.31 Å². The molecule has 1 unspecified atom stereocenters. The van der Waals surface area contributed by atoms with Crippen molar-refractivity contribution in [1.29, 1.82) is 0 Å². The Labute approximate surface area is 138 Å². The summed E-state index contributed by atoms with van der Waals surface area (Å²) in [5.41, 5.74) is 0.585. The number of piperidine rings is 1. The molecule has 9 heteroatoms. The van der Waals surface area contributed by atoms with E-state index in [4.69, 9.17) is 4.74 Å². The first-order valence-corrected chi connectivity index (χ1v) is 9.24. The summed E-state index contributed by atoms with van der Waals surface area (Å²) in [6, 6.07) is 4.43. The molecule has 0 bridgehead atoms. The monoisotopic (exact) mass is 353 g/mol. The average Bonchev–Trinajstić information content (AvgIpc) is 2.94. The smallest absolute Gasteiger partial charge is 0.323 e. The summed E-state index contributed by atoms with van der Waals surface area (Å²) in [6.45, 7) is 2.48. The predicted molar refractivity (Wildman–Crippen MR) is 87.0 cm³/mol. The molecule has 1 aromatic carbocycles. The van der Waals surface area contributed by atoms with Crippen molar-refractivity contribution in [3.05, 3.63) is 28.7 Å². The van der Waals surface area contributed by atoms with E-state index >= 15 is 0 Å². The van der Waals surface area contributed by atoms with Crippen LogP contribution in [0.3, 0.4) is 0 Å². The molecule has 1 aromatic heterocycles. The number of rotatable bonds is 4. The Morgan fingerprint density at radius 2 is 2.08 bits per heavy atom. The number of sulfonamides is 1. The number of carbonyl (C=O) groups is 1. The number of imidazole rings is 1. The molecule has 1 aliphatic rings. The van der Waals surface area contributed by atoms with Gasteiger partial charge in [0.05, 0.1) is 28.5 Å². The number of fused-ring (bicyclic) bond motifs is 1. The number of hydrogen-bond donors (Lipinski definition) is 2. The quantitative estimate of drug-likeness (QED) is 0.790. The minimum absolute atomic E-state index is 0.0924. The lowest BCUT2D eigenvalue weighted by Gasteiger charge is -2.30. The van der Waals surface area contributed by atoms with Crippen molar-refractivity contribution in [3.8, 4) is 0 Å². The number of esters is 1. The molecule has 0 radical (unpaired) electrons. The highest BCUT2D eigenvalue weighted by atomic mass is 32.2. The summed E-state index contributed by atoms with van der Waals surface area (Å²) in [5.74, 6) is -0.799. The second-order valence-electron chi connectivity index (χ2n) is 5.74. The molecule has 1 saturated heterocycles. The Kier molecular flexibility index (Phi) is 4.46. The van der Waals surface area contributed by atoms with Crippen molar-refractivity contribution in [2.24, 2.45) is 5.92 Å². The van der Waals surface area contributed by atoms with Crippen LogP contribution < -0.4 is 5.69 Å². The highest BCUT2D eigenvalue weighted by Crippen LogP contribution is 2.25. The predicted octanol–water partition coefficient (Wildman–Crippen LogP) is 0.820. The summed E-state index contributed by atoms with van der Waals surface area (Å²) >= 11 is 0. The largest absolute Gasteiger partial charge is 0.466 e. The summed E-state index contributed by atoms with van der Waals surface area (Å²) in [7, 11) is -3.74. The van der Waals surface area contributed by atoms with Gasteiger partial charge in [0.25, 0.3) is 0 Å². The summed E-state index contributed by atoms with van der Waals surface area (Å²) in [6.07, 6.45) is 1.22. The lowest BCUT2D eigenvalue weighted by Crippen LogP contribution is -2.42. The first kappa shape index (κ1) is 16.7. The maximum Gasteiger partial charge on any atom is 0.323 e. The molecule has 8 nitrogen and oxygen atoms in total. The average molecular weight is 353 g/mol. The summed E-state index contributed by atoms with van der Waals surface area (Å²) in [4.78, 5) is 28.4. The van der Waals surface area contributed by atoms with Crippen LogP contribution in [0.15, 0.2) is 27.9 Å². The van der Waals surface area contributed by atoms with Crippen LogP contribution in [-0.2, 0) is 19.6 Å². The van der Waals surface area contributed by atoms with E-state index in [0.717, 1.165) is 0 Å². The van der Waals surface area contributed by atoms with E-state index in [2.05, 4.69) is 9.97 Å². The molecule has 24 heavy (non-hydrogen) atoms. The van der Waals surface area contributed by atoms with E-state index < -0.39 is 15.9 Å². The molecule has 1 fully saturated rings. The number of nitrogens with zero attached hydrogens (tertiary/aromatic N) is 1. The maximum atomic E-state index is 12.8. The van der Waals surface area contributed by atoms with Crippen LogP contribution >= 0.6 is 0 Å². The number of benzene rings is 1. The molecule has 3 rings (SSSR count). The molecule has 0 aliphatic carbocycles. The molecule has 1 aliphatic heterocycles. The van der Waals surface area contributed by atoms with E-state index in [9.17, 15) is 18.0 Å². The molecule has 2 N–H and O–H groups in total. The molecule has 0 spiro atoms. The topological polar surface area (TPSA) is 112 Å². The van der Waals surface area contributed by atoms with Crippen molar-refractivity contribution in [1.82, 2.24) is 14.3 Å². The molecule has 0 amide bonds. The van der Waals surface area contributed by atoms with Gasteiger partial charge in [0.2, 0.25) is 10.0 Å². The second kappa shape index (κ2) is 6.40. The first-order valence-electron chi connectivity index (χ1n) is 7.80. The maximum absolute atomic E-state index is 12.8. The molecule has 0 saturated carbocycles. The van der Waals surface area contributed by atoms with Crippen LogP contribution in [0.5, 0.6) is 0 Å². The van der Waals surface area contributed by atoms with Gasteiger partial charge >= 0.3 is 11.7 Å². The Hall–Kier alpha value is -2.13. The third-order valence-corrected chi connectivity index (χ3v) is 5.99. The molecule has 130 valence electrons. The van der Waals surface area contributed by atoms with E-state index in [1.54, 1.807) is 13.0 Å². The minimum Gasteiger partial charge on any atom is -0.466 e. The second-order valence-corrected chi connectivity index (χ2v) is 7.68. The fraction of sp³-hybridized carbons (Fsp3) is 0.467. The van der Waals surface area contributed by atoms with Gasteiger partial charge in [-0.3, -0.25) is 4.79 Å². The van der Waals surface area contributed by atoms with Gasteiger partial charge in [0.15, 0.2) is 0 Å². The van der Waals surface area contributed by atoms with Gasteiger partial charge in [0.1, 0.15) is 0 Å². The lowest BCUT2D eigenvalue weighted by atomic mass is 10.0. The number of nitrogens with one attached hydrogen (secondary N) is 2.